The predicted molar refractivity (Wildman–Crippen MR) is 131 cm³/mol. The number of nitrogens with one attached hydrogen (secondary N) is 1. The van der Waals surface area contributed by atoms with Crippen molar-refractivity contribution in [3.8, 4) is 11.3 Å². The van der Waals surface area contributed by atoms with E-state index < -0.39 is 5.91 Å². The molecular formula is C27H20ClNO4. The zero-order valence-electron chi connectivity index (χ0n) is 18.0. The summed E-state index contributed by atoms with van der Waals surface area (Å²) in [5.74, 6) is 0.654. The standard InChI is InChI=1S/C27H20ClNO4/c1-15(2)16-3-5-17(6-4-16)25-14-22(30)21-13-20(8-10-24(21)33-25)29-27(31)26-12-18-11-19(28)7-9-23(18)32-26/h3-15H,1-2H3,(H,29,31). The number of amides is 1. The first-order chi connectivity index (χ1) is 15.9. The molecule has 1 amide bonds. The van der Waals surface area contributed by atoms with Gasteiger partial charge < -0.3 is 14.2 Å². The van der Waals surface area contributed by atoms with Crippen molar-refractivity contribution in [1.29, 1.82) is 0 Å². The zero-order valence-corrected chi connectivity index (χ0v) is 18.8. The van der Waals surface area contributed by atoms with Gasteiger partial charge in [-0.2, -0.15) is 0 Å². The van der Waals surface area contributed by atoms with Crippen LogP contribution in [-0.2, 0) is 0 Å². The van der Waals surface area contributed by atoms with Gasteiger partial charge in [-0.3, -0.25) is 9.59 Å². The third-order valence-electron chi connectivity index (χ3n) is 5.55. The molecule has 0 unspecified atom stereocenters. The van der Waals surface area contributed by atoms with Crippen molar-refractivity contribution in [3.63, 3.8) is 0 Å². The maximum Gasteiger partial charge on any atom is 0.291 e. The van der Waals surface area contributed by atoms with E-state index in [1.54, 1.807) is 42.5 Å². The second-order valence-corrected chi connectivity index (χ2v) is 8.65. The molecule has 0 fully saturated rings. The van der Waals surface area contributed by atoms with E-state index in [0.29, 0.717) is 38.9 Å². The molecule has 5 nitrogen and oxygen atoms in total. The fourth-order valence-electron chi connectivity index (χ4n) is 3.73. The van der Waals surface area contributed by atoms with Crippen molar-refractivity contribution in [1.82, 2.24) is 0 Å². The number of benzene rings is 3. The Morgan fingerprint density at radius 3 is 2.39 bits per heavy atom. The van der Waals surface area contributed by atoms with Crippen LogP contribution >= 0.6 is 11.6 Å². The topological polar surface area (TPSA) is 72.5 Å². The van der Waals surface area contributed by atoms with Gasteiger partial charge in [0.2, 0.25) is 0 Å². The molecule has 6 heteroatoms. The quantitative estimate of drug-likeness (QED) is 0.309. The number of anilines is 1. The molecule has 3 aromatic carbocycles. The summed E-state index contributed by atoms with van der Waals surface area (Å²) in [4.78, 5) is 25.5. The monoisotopic (exact) mass is 457 g/mol. The van der Waals surface area contributed by atoms with E-state index >= 15 is 0 Å². The summed E-state index contributed by atoms with van der Waals surface area (Å²) in [6.45, 7) is 4.26. The molecule has 2 aromatic heterocycles. The Balaban J connectivity index is 1.43. The molecule has 5 rings (SSSR count). The summed E-state index contributed by atoms with van der Waals surface area (Å²) < 4.78 is 11.6. The number of hydrogen-bond acceptors (Lipinski definition) is 4. The first-order valence-electron chi connectivity index (χ1n) is 10.6. The van der Waals surface area contributed by atoms with Crippen molar-refractivity contribution >= 4 is 45.1 Å². The van der Waals surface area contributed by atoms with E-state index in [9.17, 15) is 9.59 Å². The van der Waals surface area contributed by atoms with Crippen LogP contribution in [0.3, 0.4) is 0 Å². The first kappa shape index (κ1) is 21.0. The number of furan rings is 1. The highest BCUT2D eigenvalue weighted by atomic mass is 35.5. The SMILES string of the molecule is CC(C)c1ccc(-c2cc(=O)c3cc(NC(=O)c4cc5cc(Cl)ccc5o4)ccc3o2)cc1. The number of hydrogen-bond donors (Lipinski definition) is 1. The van der Waals surface area contributed by atoms with Crippen molar-refractivity contribution in [2.45, 2.75) is 19.8 Å². The number of fused-ring (bicyclic) bond motifs is 2. The van der Waals surface area contributed by atoms with Crippen LogP contribution in [0.4, 0.5) is 5.69 Å². The summed E-state index contributed by atoms with van der Waals surface area (Å²) in [5, 5.41) is 4.45. The number of carbonyl (C=O) groups is 1. The van der Waals surface area contributed by atoms with E-state index in [4.69, 9.17) is 20.4 Å². The number of halogens is 1. The highest BCUT2D eigenvalue weighted by Gasteiger charge is 2.14. The van der Waals surface area contributed by atoms with Crippen LogP contribution in [0.25, 0.3) is 33.3 Å². The van der Waals surface area contributed by atoms with Crippen LogP contribution in [0.2, 0.25) is 5.02 Å². The minimum atomic E-state index is -0.423. The largest absolute Gasteiger partial charge is 0.456 e. The lowest BCUT2D eigenvalue weighted by Gasteiger charge is -2.08. The summed E-state index contributed by atoms with van der Waals surface area (Å²) in [5.41, 5.74) is 3.34. The lowest BCUT2D eigenvalue weighted by molar-refractivity contribution is 0.0998. The van der Waals surface area contributed by atoms with E-state index in [1.807, 2.05) is 24.3 Å². The van der Waals surface area contributed by atoms with E-state index in [-0.39, 0.29) is 11.2 Å². The van der Waals surface area contributed by atoms with E-state index in [0.717, 1.165) is 10.9 Å². The molecule has 0 aliphatic carbocycles. The molecular weight excluding hydrogens is 438 g/mol. The Morgan fingerprint density at radius 2 is 1.64 bits per heavy atom. The third kappa shape index (κ3) is 4.15. The highest BCUT2D eigenvalue weighted by Crippen LogP contribution is 2.27. The Kier molecular flexibility index (Phi) is 5.27. The highest BCUT2D eigenvalue weighted by molar-refractivity contribution is 6.31. The van der Waals surface area contributed by atoms with Crippen LogP contribution in [0.1, 0.15) is 35.9 Å². The van der Waals surface area contributed by atoms with Crippen molar-refractivity contribution < 1.29 is 13.6 Å². The van der Waals surface area contributed by atoms with Crippen molar-refractivity contribution in [3.05, 3.63) is 99.4 Å². The molecule has 0 spiro atoms. The normalized spacial score (nSPS) is 11.4. The second kappa shape index (κ2) is 8.26. The molecule has 0 atom stereocenters. The Bertz CT molecular complexity index is 1560. The van der Waals surface area contributed by atoms with Gasteiger partial charge >= 0.3 is 0 Å². The van der Waals surface area contributed by atoms with Gasteiger partial charge in [-0.25, -0.2) is 0 Å². The molecule has 5 aromatic rings. The molecule has 1 N–H and O–H groups in total. The minimum absolute atomic E-state index is 0.152. The second-order valence-electron chi connectivity index (χ2n) is 8.21. The Labute approximate surface area is 194 Å². The molecule has 164 valence electrons. The van der Waals surface area contributed by atoms with Gasteiger partial charge in [-0.15, -0.1) is 0 Å². The van der Waals surface area contributed by atoms with Gasteiger partial charge in [0.15, 0.2) is 11.2 Å². The van der Waals surface area contributed by atoms with Gasteiger partial charge in [0.25, 0.3) is 5.91 Å². The number of rotatable bonds is 4. The van der Waals surface area contributed by atoms with Crippen molar-refractivity contribution in [2.75, 3.05) is 5.32 Å². The fourth-order valence-corrected chi connectivity index (χ4v) is 3.91. The van der Waals surface area contributed by atoms with E-state index in [1.165, 1.54) is 11.6 Å². The van der Waals surface area contributed by atoms with Crippen LogP contribution in [-0.4, -0.2) is 5.91 Å². The molecule has 0 saturated heterocycles. The van der Waals surface area contributed by atoms with Crippen molar-refractivity contribution in [2.24, 2.45) is 0 Å². The minimum Gasteiger partial charge on any atom is -0.456 e. The maximum atomic E-state index is 12.8. The van der Waals surface area contributed by atoms with E-state index in [2.05, 4.69) is 19.2 Å². The zero-order chi connectivity index (χ0) is 23.1. The van der Waals surface area contributed by atoms with Crippen LogP contribution in [0, 0.1) is 0 Å². The number of carbonyl (C=O) groups excluding carboxylic acids is 1. The van der Waals surface area contributed by atoms with Gasteiger partial charge in [0.1, 0.15) is 16.9 Å². The molecule has 0 saturated carbocycles. The summed E-state index contributed by atoms with van der Waals surface area (Å²) >= 11 is 6.00. The van der Waals surface area contributed by atoms with Gasteiger partial charge in [-0.05, 0) is 53.9 Å². The molecule has 0 aliphatic heterocycles. The van der Waals surface area contributed by atoms with Crippen LogP contribution in [0.15, 0.2) is 86.4 Å². The van der Waals surface area contributed by atoms with Crippen LogP contribution in [0.5, 0.6) is 0 Å². The summed E-state index contributed by atoms with van der Waals surface area (Å²) in [6, 6.07) is 21.2. The molecule has 33 heavy (non-hydrogen) atoms. The lowest BCUT2D eigenvalue weighted by Crippen LogP contribution is -2.11. The van der Waals surface area contributed by atoms with Gasteiger partial charge in [-0.1, -0.05) is 49.7 Å². The summed E-state index contributed by atoms with van der Waals surface area (Å²) in [7, 11) is 0. The molecule has 2 heterocycles. The Hall–Kier alpha value is -3.83. The predicted octanol–water partition coefficient (Wildman–Crippen LogP) is 7.24. The smallest absolute Gasteiger partial charge is 0.291 e. The lowest BCUT2D eigenvalue weighted by atomic mass is 10.0. The molecule has 0 bridgehead atoms. The van der Waals surface area contributed by atoms with Gasteiger partial charge in [0.05, 0.1) is 5.39 Å². The molecule has 0 radical (unpaired) electrons. The fraction of sp³-hybridized carbons (Fsp3) is 0.111. The average Bonchev–Trinajstić information content (AvgIpc) is 3.23. The average molecular weight is 458 g/mol. The van der Waals surface area contributed by atoms with Crippen LogP contribution < -0.4 is 10.7 Å². The summed E-state index contributed by atoms with van der Waals surface area (Å²) in [6.07, 6.45) is 0. The maximum absolute atomic E-state index is 12.8. The Morgan fingerprint density at radius 1 is 0.879 bits per heavy atom. The first-order valence-corrected chi connectivity index (χ1v) is 10.9. The molecule has 0 aliphatic rings. The third-order valence-corrected chi connectivity index (χ3v) is 5.78. The van der Waals surface area contributed by atoms with Gasteiger partial charge in [0, 0.05) is 27.7 Å².